The van der Waals surface area contributed by atoms with Crippen molar-refractivity contribution in [3.05, 3.63) is 12.2 Å². The minimum absolute atomic E-state index is 0.425. The van der Waals surface area contributed by atoms with Gasteiger partial charge >= 0.3 is 0 Å². The highest BCUT2D eigenvalue weighted by Crippen LogP contribution is 2.21. The first-order chi connectivity index (χ1) is 5.49. The van der Waals surface area contributed by atoms with Crippen molar-refractivity contribution in [2.45, 2.75) is 32.3 Å². The summed E-state index contributed by atoms with van der Waals surface area (Å²) in [5.41, 5.74) is 0.780. The van der Waals surface area contributed by atoms with Crippen molar-refractivity contribution in [1.29, 1.82) is 0 Å². The van der Waals surface area contributed by atoms with Crippen molar-refractivity contribution < 1.29 is 5.11 Å². The molecule has 0 unspecified atom stereocenters. The van der Waals surface area contributed by atoms with Gasteiger partial charge in [-0.25, -0.2) is 0 Å². The molecule has 0 aromatic heterocycles. The molecule has 1 heterocycles. The second-order valence-corrected chi connectivity index (χ2v) is 4.23. The Morgan fingerprint density at radius 3 is 2.42 bits per heavy atom. The molecule has 70 valence electrons. The van der Waals surface area contributed by atoms with E-state index < -0.39 is 5.60 Å². The number of rotatable bonds is 2. The Labute approximate surface area is 74.9 Å². The lowest BCUT2D eigenvalue weighted by Gasteiger charge is -2.35. The van der Waals surface area contributed by atoms with Crippen LogP contribution in [0.15, 0.2) is 12.2 Å². The van der Waals surface area contributed by atoms with Gasteiger partial charge in [-0.3, -0.25) is 4.90 Å². The molecule has 0 aromatic carbocycles. The van der Waals surface area contributed by atoms with Crippen molar-refractivity contribution in [3.8, 4) is 0 Å². The van der Waals surface area contributed by atoms with Crippen LogP contribution in [-0.2, 0) is 0 Å². The lowest BCUT2D eigenvalue weighted by atomic mass is 9.94. The molecule has 1 fully saturated rings. The van der Waals surface area contributed by atoms with E-state index in [1.807, 2.05) is 13.8 Å². The Hall–Kier alpha value is -0.340. The molecule has 0 saturated carbocycles. The summed E-state index contributed by atoms with van der Waals surface area (Å²) in [7, 11) is 0. The third-order valence-electron chi connectivity index (χ3n) is 2.43. The molecule has 12 heavy (non-hydrogen) atoms. The van der Waals surface area contributed by atoms with Gasteiger partial charge in [-0.05, 0) is 26.7 Å². The lowest BCUT2D eigenvalue weighted by Crippen LogP contribution is -2.42. The summed E-state index contributed by atoms with van der Waals surface area (Å²) < 4.78 is 0. The first-order valence-corrected chi connectivity index (χ1v) is 4.59. The molecule has 0 aliphatic carbocycles. The molecular formula is C10H19NO. The van der Waals surface area contributed by atoms with Gasteiger partial charge in [0.25, 0.3) is 0 Å². The average Bonchev–Trinajstić information content (AvgIpc) is 1.93. The number of hydrogen-bond donors (Lipinski definition) is 1. The van der Waals surface area contributed by atoms with Crippen molar-refractivity contribution >= 4 is 0 Å². The van der Waals surface area contributed by atoms with Gasteiger partial charge in [0.05, 0.1) is 5.60 Å². The zero-order valence-corrected chi connectivity index (χ0v) is 8.14. The van der Waals surface area contributed by atoms with Gasteiger partial charge in [0.15, 0.2) is 0 Å². The minimum atomic E-state index is -0.425. The highest BCUT2D eigenvalue weighted by atomic mass is 16.3. The van der Waals surface area contributed by atoms with Gasteiger partial charge < -0.3 is 5.11 Å². The third-order valence-corrected chi connectivity index (χ3v) is 2.43. The van der Waals surface area contributed by atoms with E-state index in [1.54, 1.807) is 0 Å². The molecule has 2 nitrogen and oxygen atoms in total. The van der Waals surface area contributed by atoms with Gasteiger partial charge in [0.1, 0.15) is 0 Å². The zero-order valence-electron chi connectivity index (χ0n) is 8.14. The lowest BCUT2D eigenvalue weighted by molar-refractivity contribution is -0.00300. The van der Waals surface area contributed by atoms with Gasteiger partial charge in [0, 0.05) is 19.6 Å². The van der Waals surface area contributed by atoms with Gasteiger partial charge in [-0.1, -0.05) is 12.2 Å². The Morgan fingerprint density at radius 2 is 2.00 bits per heavy atom. The standard InChI is InChI=1S/C10H19NO/c1-9(2)8-11-6-4-10(3,12)5-7-11/h12H,1,4-8H2,2-3H3. The SMILES string of the molecule is C=C(C)CN1CCC(C)(O)CC1. The Bertz CT molecular complexity index is 165. The first-order valence-electron chi connectivity index (χ1n) is 4.59. The predicted octanol–water partition coefficient (Wildman–Crippen LogP) is 1.41. The van der Waals surface area contributed by atoms with Crippen LogP contribution in [0, 0.1) is 0 Å². The van der Waals surface area contributed by atoms with Gasteiger partial charge in [-0.2, -0.15) is 0 Å². The molecule has 1 saturated heterocycles. The quantitative estimate of drug-likeness (QED) is 0.632. The van der Waals surface area contributed by atoms with Crippen LogP contribution in [0.5, 0.6) is 0 Å². The maximum atomic E-state index is 9.68. The van der Waals surface area contributed by atoms with E-state index in [0.717, 1.165) is 32.5 Å². The molecule has 1 aliphatic rings. The maximum absolute atomic E-state index is 9.68. The first kappa shape index (κ1) is 9.75. The van der Waals surface area contributed by atoms with Crippen LogP contribution >= 0.6 is 0 Å². The van der Waals surface area contributed by atoms with E-state index in [1.165, 1.54) is 5.57 Å². The summed E-state index contributed by atoms with van der Waals surface area (Å²) in [4.78, 5) is 2.35. The molecular weight excluding hydrogens is 150 g/mol. The molecule has 0 radical (unpaired) electrons. The molecule has 1 rings (SSSR count). The van der Waals surface area contributed by atoms with Crippen molar-refractivity contribution in [3.63, 3.8) is 0 Å². The zero-order chi connectivity index (χ0) is 9.19. The number of nitrogens with zero attached hydrogens (tertiary/aromatic N) is 1. The Kier molecular flexibility index (Phi) is 2.91. The molecule has 2 heteroatoms. The smallest absolute Gasteiger partial charge is 0.0644 e. The second kappa shape index (κ2) is 3.58. The molecule has 1 N–H and O–H groups in total. The van der Waals surface area contributed by atoms with Crippen molar-refractivity contribution in [1.82, 2.24) is 4.90 Å². The van der Waals surface area contributed by atoms with Crippen LogP contribution < -0.4 is 0 Å². The van der Waals surface area contributed by atoms with Gasteiger partial charge in [-0.15, -0.1) is 0 Å². The van der Waals surface area contributed by atoms with Crippen LogP contribution in [0.1, 0.15) is 26.7 Å². The fourth-order valence-corrected chi connectivity index (χ4v) is 1.57. The van der Waals surface area contributed by atoms with Gasteiger partial charge in [0.2, 0.25) is 0 Å². The highest BCUT2D eigenvalue weighted by molar-refractivity contribution is 4.94. The molecule has 0 bridgehead atoms. The van der Waals surface area contributed by atoms with E-state index in [2.05, 4.69) is 11.5 Å². The topological polar surface area (TPSA) is 23.5 Å². The van der Waals surface area contributed by atoms with E-state index in [-0.39, 0.29) is 0 Å². The summed E-state index contributed by atoms with van der Waals surface area (Å²) in [6.45, 7) is 10.8. The fraction of sp³-hybridized carbons (Fsp3) is 0.800. The molecule has 1 aliphatic heterocycles. The summed E-state index contributed by atoms with van der Waals surface area (Å²) in [5, 5.41) is 9.68. The predicted molar refractivity (Wildman–Crippen MR) is 51.1 cm³/mol. The number of piperidine rings is 1. The van der Waals surface area contributed by atoms with Crippen LogP contribution in [0.3, 0.4) is 0 Å². The summed E-state index contributed by atoms with van der Waals surface area (Å²) in [5.74, 6) is 0. The Morgan fingerprint density at radius 1 is 1.50 bits per heavy atom. The monoisotopic (exact) mass is 169 g/mol. The highest BCUT2D eigenvalue weighted by Gasteiger charge is 2.26. The molecule has 0 spiro atoms. The van der Waals surface area contributed by atoms with E-state index in [4.69, 9.17) is 0 Å². The fourth-order valence-electron chi connectivity index (χ4n) is 1.57. The summed E-state index contributed by atoms with van der Waals surface area (Å²) in [6, 6.07) is 0. The third kappa shape index (κ3) is 2.95. The summed E-state index contributed by atoms with van der Waals surface area (Å²) >= 11 is 0. The Balaban J connectivity index is 2.31. The van der Waals surface area contributed by atoms with Crippen LogP contribution in [0.25, 0.3) is 0 Å². The average molecular weight is 169 g/mol. The number of likely N-dealkylation sites (tertiary alicyclic amines) is 1. The van der Waals surface area contributed by atoms with E-state index in [9.17, 15) is 5.11 Å². The number of aliphatic hydroxyl groups is 1. The van der Waals surface area contributed by atoms with Crippen molar-refractivity contribution in [2.24, 2.45) is 0 Å². The summed E-state index contributed by atoms with van der Waals surface area (Å²) in [6.07, 6.45) is 1.78. The van der Waals surface area contributed by atoms with Crippen LogP contribution in [0.4, 0.5) is 0 Å². The minimum Gasteiger partial charge on any atom is -0.390 e. The van der Waals surface area contributed by atoms with Crippen LogP contribution in [0.2, 0.25) is 0 Å². The number of hydrogen-bond acceptors (Lipinski definition) is 2. The maximum Gasteiger partial charge on any atom is 0.0644 e. The molecule has 0 aromatic rings. The second-order valence-electron chi connectivity index (χ2n) is 4.23. The van der Waals surface area contributed by atoms with Crippen molar-refractivity contribution in [2.75, 3.05) is 19.6 Å². The van der Waals surface area contributed by atoms with Crippen LogP contribution in [-0.4, -0.2) is 35.2 Å². The molecule has 0 amide bonds. The largest absolute Gasteiger partial charge is 0.390 e. The van der Waals surface area contributed by atoms with E-state index >= 15 is 0 Å². The normalized spacial score (nSPS) is 23.9. The molecule has 0 atom stereocenters. The van der Waals surface area contributed by atoms with E-state index in [0.29, 0.717) is 0 Å².